The number of amides is 1. The van der Waals surface area contributed by atoms with Crippen LogP contribution in [0.4, 0.5) is 0 Å². The van der Waals surface area contributed by atoms with Crippen LogP contribution in [0.1, 0.15) is 21.3 Å². The third-order valence-electron chi connectivity index (χ3n) is 4.38. The molecule has 0 aliphatic heterocycles. The highest BCUT2D eigenvalue weighted by atomic mass is 32.2. The Bertz CT molecular complexity index is 1050. The summed E-state index contributed by atoms with van der Waals surface area (Å²) in [4.78, 5) is 13.8. The van der Waals surface area contributed by atoms with Gasteiger partial charge < -0.3 is 5.32 Å². The maximum Gasteiger partial charge on any atom is 0.252 e. The molecule has 0 aliphatic carbocycles. The van der Waals surface area contributed by atoms with Gasteiger partial charge in [-0.2, -0.15) is 0 Å². The molecule has 0 saturated heterocycles. The zero-order chi connectivity index (χ0) is 18.5. The van der Waals surface area contributed by atoms with Crippen molar-refractivity contribution in [3.63, 3.8) is 0 Å². The number of thioether (sulfide) groups is 1. The van der Waals surface area contributed by atoms with Gasteiger partial charge in [-0.1, -0.05) is 90.6 Å². The van der Waals surface area contributed by atoms with Crippen molar-refractivity contribution in [2.45, 2.75) is 10.3 Å². The van der Waals surface area contributed by atoms with E-state index < -0.39 is 0 Å². The summed E-state index contributed by atoms with van der Waals surface area (Å²) in [6, 6.07) is 34.1. The van der Waals surface area contributed by atoms with E-state index in [9.17, 15) is 4.79 Å². The molecule has 0 radical (unpaired) electrons. The maximum absolute atomic E-state index is 12.7. The van der Waals surface area contributed by atoms with E-state index >= 15 is 0 Å². The van der Waals surface area contributed by atoms with E-state index in [1.54, 1.807) is 11.8 Å². The Morgan fingerprint density at radius 1 is 0.704 bits per heavy atom. The van der Waals surface area contributed by atoms with Crippen LogP contribution >= 0.6 is 11.8 Å². The van der Waals surface area contributed by atoms with Gasteiger partial charge in [0.1, 0.15) is 5.37 Å². The van der Waals surface area contributed by atoms with Gasteiger partial charge in [0.25, 0.3) is 5.91 Å². The predicted octanol–water partition coefficient (Wildman–Crippen LogP) is 6.06. The summed E-state index contributed by atoms with van der Waals surface area (Å²) in [6.45, 7) is 0. The highest BCUT2D eigenvalue weighted by Gasteiger charge is 2.17. The molecule has 1 atom stereocenters. The van der Waals surface area contributed by atoms with Crippen molar-refractivity contribution in [2.24, 2.45) is 0 Å². The summed E-state index contributed by atoms with van der Waals surface area (Å²) < 4.78 is 0. The molecular weight excluding hydrogens is 350 g/mol. The van der Waals surface area contributed by atoms with Crippen molar-refractivity contribution < 1.29 is 4.79 Å². The van der Waals surface area contributed by atoms with Gasteiger partial charge in [0.15, 0.2) is 0 Å². The van der Waals surface area contributed by atoms with Crippen LogP contribution in [0.2, 0.25) is 0 Å². The van der Waals surface area contributed by atoms with Crippen LogP contribution in [0.15, 0.2) is 108 Å². The van der Waals surface area contributed by atoms with Crippen LogP contribution in [0, 0.1) is 0 Å². The van der Waals surface area contributed by atoms with Crippen LogP contribution in [0.25, 0.3) is 10.8 Å². The fourth-order valence-electron chi connectivity index (χ4n) is 2.98. The molecule has 4 rings (SSSR count). The molecule has 1 N–H and O–H groups in total. The second-order valence-electron chi connectivity index (χ2n) is 6.26. The number of benzene rings is 4. The molecule has 0 spiro atoms. The van der Waals surface area contributed by atoms with E-state index in [0.717, 1.165) is 10.5 Å². The van der Waals surface area contributed by atoms with Gasteiger partial charge in [0.2, 0.25) is 0 Å². The zero-order valence-corrected chi connectivity index (χ0v) is 15.5. The van der Waals surface area contributed by atoms with Crippen LogP contribution in [-0.2, 0) is 0 Å². The number of hydrogen-bond donors (Lipinski definition) is 1. The highest BCUT2D eigenvalue weighted by molar-refractivity contribution is 7.99. The number of carbonyl (C=O) groups is 1. The van der Waals surface area contributed by atoms with Crippen LogP contribution in [0.3, 0.4) is 0 Å². The number of fused-ring (bicyclic) bond motifs is 1. The number of rotatable bonds is 5. The molecule has 0 unspecified atom stereocenters. The van der Waals surface area contributed by atoms with Gasteiger partial charge in [0, 0.05) is 10.5 Å². The first kappa shape index (κ1) is 17.4. The van der Waals surface area contributed by atoms with Crippen molar-refractivity contribution in [1.82, 2.24) is 5.32 Å². The van der Waals surface area contributed by atoms with Crippen molar-refractivity contribution in [3.8, 4) is 0 Å². The topological polar surface area (TPSA) is 29.1 Å². The van der Waals surface area contributed by atoms with Gasteiger partial charge in [-0.05, 0) is 40.6 Å². The summed E-state index contributed by atoms with van der Waals surface area (Å²) >= 11 is 1.65. The summed E-state index contributed by atoms with van der Waals surface area (Å²) in [5.41, 5.74) is 1.73. The monoisotopic (exact) mass is 369 g/mol. The number of carbonyl (C=O) groups excluding carboxylic acids is 1. The Balaban J connectivity index is 1.62. The summed E-state index contributed by atoms with van der Waals surface area (Å²) in [6.07, 6.45) is 0. The molecule has 132 valence electrons. The van der Waals surface area contributed by atoms with Crippen LogP contribution in [-0.4, -0.2) is 5.91 Å². The van der Waals surface area contributed by atoms with Crippen molar-refractivity contribution in [1.29, 1.82) is 0 Å². The van der Waals surface area contributed by atoms with E-state index in [-0.39, 0.29) is 11.3 Å². The molecule has 0 saturated carbocycles. The van der Waals surface area contributed by atoms with Gasteiger partial charge in [-0.15, -0.1) is 0 Å². The van der Waals surface area contributed by atoms with E-state index in [2.05, 4.69) is 35.6 Å². The number of hydrogen-bond acceptors (Lipinski definition) is 2. The average molecular weight is 369 g/mol. The molecule has 0 aliphatic rings. The second kappa shape index (κ2) is 8.11. The fraction of sp³-hybridized carbons (Fsp3) is 0.0417. The molecule has 0 fully saturated rings. The van der Waals surface area contributed by atoms with Crippen LogP contribution < -0.4 is 5.32 Å². The van der Waals surface area contributed by atoms with E-state index in [1.807, 2.05) is 72.8 Å². The Hall–Kier alpha value is -3.04. The summed E-state index contributed by atoms with van der Waals surface area (Å²) in [7, 11) is 0. The molecular formula is C24H19NOS. The van der Waals surface area contributed by atoms with Gasteiger partial charge >= 0.3 is 0 Å². The third kappa shape index (κ3) is 4.21. The minimum absolute atomic E-state index is 0.0715. The standard InChI is InChI=1S/C24H19NOS/c26-23(19-10-3-1-4-11-19)25-24(20-12-5-2-6-13-20)27-22-16-15-18-9-7-8-14-21(18)17-22/h1-17,24H,(H,25,26)/t24-/m1/s1. The average Bonchev–Trinajstić information content (AvgIpc) is 2.74. The van der Waals surface area contributed by atoms with Crippen LogP contribution in [0.5, 0.6) is 0 Å². The minimum atomic E-state index is -0.167. The van der Waals surface area contributed by atoms with E-state index in [4.69, 9.17) is 0 Å². The molecule has 1 amide bonds. The smallest absolute Gasteiger partial charge is 0.252 e. The molecule has 2 nitrogen and oxygen atoms in total. The zero-order valence-electron chi connectivity index (χ0n) is 14.7. The first-order valence-electron chi connectivity index (χ1n) is 8.86. The molecule has 0 bridgehead atoms. The first-order chi connectivity index (χ1) is 13.3. The Morgan fingerprint density at radius 3 is 2.07 bits per heavy atom. The first-order valence-corrected chi connectivity index (χ1v) is 9.74. The van der Waals surface area contributed by atoms with Gasteiger partial charge in [-0.25, -0.2) is 0 Å². The summed E-state index contributed by atoms with van der Waals surface area (Å²) in [5, 5.41) is 5.42. The largest absolute Gasteiger partial charge is 0.336 e. The second-order valence-corrected chi connectivity index (χ2v) is 7.44. The van der Waals surface area contributed by atoms with Crippen molar-refractivity contribution in [2.75, 3.05) is 0 Å². The molecule has 0 heterocycles. The quantitative estimate of drug-likeness (QED) is 0.342. The van der Waals surface area contributed by atoms with Gasteiger partial charge in [0.05, 0.1) is 0 Å². The lowest BCUT2D eigenvalue weighted by molar-refractivity contribution is 0.0949. The molecule has 4 aromatic rings. The molecule has 3 heteroatoms. The van der Waals surface area contributed by atoms with Gasteiger partial charge in [-0.3, -0.25) is 4.79 Å². The van der Waals surface area contributed by atoms with Crippen molar-refractivity contribution >= 4 is 28.4 Å². The lowest BCUT2D eigenvalue weighted by atomic mass is 10.1. The lowest BCUT2D eigenvalue weighted by Gasteiger charge is -2.19. The molecule has 4 aromatic carbocycles. The number of nitrogens with one attached hydrogen (secondary N) is 1. The highest BCUT2D eigenvalue weighted by Crippen LogP contribution is 2.34. The Morgan fingerprint density at radius 2 is 1.33 bits per heavy atom. The summed E-state index contributed by atoms with van der Waals surface area (Å²) in [5.74, 6) is -0.0715. The predicted molar refractivity (Wildman–Crippen MR) is 113 cm³/mol. The fourth-order valence-corrected chi connectivity index (χ4v) is 4.05. The molecule has 27 heavy (non-hydrogen) atoms. The normalized spacial score (nSPS) is 11.9. The van der Waals surface area contributed by atoms with E-state index in [1.165, 1.54) is 10.8 Å². The SMILES string of the molecule is O=C(N[C@H](Sc1ccc2ccccc2c1)c1ccccc1)c1ccccc1. The Labute approximate surface area is 163 Å². The minimum Gasteiger partial charge on any atom is -0.336 e. The third-order valence-corrected chi connectivity index (χ3v) is 5.53. The molecule has 0 aromatic heterocycles. The Kier molecular flexibility index (Phi) is 5.22. The maximum atomic E-state index is 12.7. The lowest BCUT2D eigenvalue weighted by Crippen LogP contribution is -2.26. The van der Waals surface area contributed by atoms with E-state index in [0.29, 0.717) is 5.56 Å². The van der Waals surface area contributed by atoms with Crippen molar-refractivity contribution in [3.05, 3.63) is 114 Å².